The van der Waals surface area contributed by atoms with Crippen LogP contribution in [-0.2, 0) is 13.0 Å². The smallest absolute Gasteiger partial charge is 0.223 e. The maximum atomic E-state index is 14.1. The quantitative estimate of drug-likeness (QED) is 0.0214. The van der Waals surface area contributed by atoms with E-state index in [9.17, 15) is 4.39 Å². The van der Waals surface area contributed by atoms with Crippen molar-refractivity contribution in [2.24, 2.45) is 5.73 Å². The van der Waals surface area contributed by atoms with E-state index in [4.69, 9.17) is 87.5 Å². The number of aromatic nitrogens is 18. The van der Waals surface area contributed by atoms with Crippen LogP contribution in [0.25, 0.3) is 6.08 Å². The second-order valence-corrected chi connectivity index (χ2v) is 29.0. The van der Waals surface area contributed by atoms with E-state index in [2.05, 4.69) is 147 Å². The molecule has 0 aliphatic rings. The van der Waals surface area contributed by atoms with Gasteiger partial charge in [-0.25, -0.2) is 74.8 Å². The summed E-state index contributed by atoms with van der Waals surface area (Å²) in [6.45, 7) is 37.0. The van der Waals surface area contributed by atoms with Gasteiger partial charge in [0, 0.05) is 98.9 Å². The van der Waals surface area contributed by atoms with Crippen LogP contribution in [0.4, 0.5) is 56.8 Å². The van der Waals surface area contributed by atoms with E-state index in [0.29, 0.717) is 157 Å². The molecular formula is C87H115FN28O10. The third kappa shape index (κ3) is 27.1. The molecule has 0 amide bonds. The average molecular weight is 1730 g/mol. The van der Waals surface area contributed by atoms with Crippen LogP contribution in [-0.4, -0.2) is 139 Å². The normalized spacial score (nSPS) is 10.6. The van der Waals surface area contributed by atoms with Crippen LogP contribution >= 0.6 is 0 Å². The number of nitrogens with one attached hydrogen (secondary N) is 3. The van der Waals surface area contributed by atoms with Gasteiger partial charge in [0.25, 0.3) is 0 Å². The number of halogens is 1. The molecule has 12 rings (SSSR count). The van der Waals surface area contributed by atoms with Gasteiger partial charge < -0.3 is 103 Å². The van der Waals surface area contributed by atoms with Gasteiger partial charge in [-0.2, -0.15) is 14.4 Å². The lowest BCUT2D eigenvalue weighted by Crippen LogP contribution is -2.06. The lowest BCUT2D eigenvalue weighted by molar-refractivity contribution is 0.351. The number of hydrogen-bond donors (Lipinski definition) is 10. The van der Waals surface area contributed by atoms with E-state index < -0.39 is 5.95 Å². The maximum absolute atomic E-state index is 14.1. The fraction of sp³-hybridized carbons (Fsp3) is 0.356. The van der Waals surface area contributed by atoms with Gasteiger partial charge in [-0.05, 0) is 77.6 Å². The third-order valence-electron chi connectivity index (χ3n) is 17.9. The Morgan fingerprint density at radius 3 is 1.00 bits per heavy atom. The lowest BCUT2D eigenvalue weighted by atomic mass is 9.98. The maximum Gasteiger partial charge on any atom is 0.223 e. The Morgan fingerprint density at radius 2 is 0.675 bits per heavy atom. The minimum absolute atomic E-state index is 0.0917. The molecule has 39 heteroatoms. The molecule has 0 aromatic carbocycles. The van der Waals surface area contributed by atoms with Crippen molar-refractivity contribution in [1.82, 2.24) is 89.7 Å². The van der Waals surface area contributed by atoms with E-state index >= 15 is 0 Å². The van der Waals surface area contributed by atoms with Crippen molar-refractivity contribution >= 4 is 58.4 Å². The summed E-state index contributed by atoms with van der Waals surface area (Å²) in [6, 6.07) is 10.5. The van der Waals surface area contributed by atoms with Gasteiger partial charge in [-0.1, -0.05) is 88.8 Å². The number of methoxy groups -OCH3 is 4. The zero-order valence-electron chi connectivity index (χ0n) is 75.7. The van der Waals surface area contributed by atoms with Crippen molar-refractivity contribution in [3.05, 3.63) is 178 Å². The molecule has 126 heavy (non-hydrogen) atoms. The minimum Gasteiger partial charge on any atom is -0.481 e. The lowest BCUT2D eigenvalue weighted by Gasteiger charge is -2.18. The first-order chi connectivity index (χ1) is 59.9. The highest BCUT2D eigenvalue weighted by Gasteiger charge is 2.25. The number of anilines is 9. The average Bonchev–Trinajstić information content (AvgIpc) is 0.814. The van der Waals surface area contributed by atoms with Crippen molar-refractivity contribution < 1.29 is 51.8 Å². The van der Waals surface area contributed by atoms with Gasteiger partial charge in [0.15, 0.2) is 69.4 Å². The summed E-state index contributed by atoms with van der Waals surface area (Å²) in [6.07, 6.45) is 15.1. The van der Waals surface area contributed by atoms with Crippen molar-refractivity contribution in [3.63, 3.8) is 0 Å². The molecule has 0 atom stereocenters. The number of aryl methyl sites for hydroxylation is 7. The van der Waals surface area contributed by atoms with Crippen LogP contribution < -0.4 is 103 Å². The standard InChI is InChI=1S/C16H23N5O.C15H21N5O2.C15H20N4O3.C14H18FN5O.C14H19N5O.C13H14N4O2/c1-6-11-15(9(2)3)12(7-14(18-5)21-11)22-13-8-19-10(4)20-16(13)17;1-8(2)13-10(6-12(17-4)20-15(13)21-5)22-11-7-18-9(3)19-14(11)16;1-8(2)13-10(6-12(20-4)19-15(13)21-5)22-11-7-17-9(3)18-14(11)16;1-7(2)12-9(5-11(17-4)20-13(12)15)21-10-6-18-8(3)19-14(10)16;1-8(2)11-6-18-10(5-15)4-12(11)20-13-7-17-9(3)19-14(13)16;1-4-9-6-16-12(18-3)5-10(9)19-11-7-15-8(2)17-13(11)14/h7-9H,6H2,1-5H3,(H,18,21)(H2,17,19,20);6-8H,1-5H3,(H,17,20)(H2,16,18,19);6-8H,1-5H3,(H2,16,17,18);5-7H,1-4H3,(H,17,20)(H2,16,18,19);4,6-8H,5,15H2,1-3H3,(H2,16,17,19);4-7H,1H2,2-3H3,(H2,14,15,17). The molecule has 0 fully saturated rings. The second kappa shape index (κ2) is 46.5. The number of nitrogens with two attached hydrogens (primary N) is 7. The first-order valence-electron chi connectivity index (χ1n) is 39.9. The molecule has 0 aliphatic carbocycles. The number of nitrogens with zero attached hydrogens (tertiary/aromatic N) is 18. The molecular weight excluding hydrogens is 1620 g/mol. The molecule has 0 bridgehead atoms. The molecule has 670 valence electrons. The van der Waals surface area contributed by atoms with Gasteiger partial charge in [0.05, 0.1) is 88.0 Å². The molecule has 0 spiro atoms. The number of nitrogen functional groups attached to an aromatic ring is 6. The number of hydrogen-bond acceptors (Lipinski definition) is 38. The van der Waals surface area contributed by atoms with Crippen LogP contribution in [0.3, 0.4) is 0 Å². The number of rotatable bonds is 27. The first kappa shape index (κ1) is 98.3. The molecule has 17 N–H and O–H groups in total. The Balaban J connectivity index is 0.000000208. The molecule has 0 saturated heterocycles. The fourth-order valence-corrected chi connectivity index (χ4v) is 11.6. The van der Waals surface area contributed by atoms with E-state index in [1.807, 2.05) is 60.7 Å². The molecule has 0 radical (unpaired) electrons. The molecule has 0 unspecified atom stereocenters. The van der Waals surface area contributed by atoms with E-state index in [1.165, 1.54) is 26.6 Å². The van der Waals surface area contributed by atoms with Crippen molar-refractivity contribution in [3.8, 4) is 92.5 Å². The summed E-state index contributed by atoms with van der Waals surface area (Å²) >= 11 is 0. The van der Waals surface area contributed by atoms with Crippen molar-refractivity contribution in [2.45, 2.75) is 160 Å². The second-order valence-electron chi connectivity index (χ2n) is 29.0. The van der Waals surface area contributed by atoms with Gasteiger partial charge in [0.1, 0.15) is 86.9 Å². The molecule has 12 aromatic heterocycles. The summed E-state index contributed by atoms with van der Waals surface area (Å²) in [7, 11) is 11.5. The van der Waals surface area contributed by atoms with Gasteiger partial charge in [-0.3, -0.25) is 4.98 Å². The van der Waals surface area contributed by atoms with Gasteiger partial charge >= 0.3 is 0 Å². The molecule has 12 heterocycles. The largest absolute Gasteiger partial charge is 0.481 e. The zero-order valence-corrected chi connectivity index (χ0v) is 75.7. The van der Waals surface area contributed by atoms with Gasteiger partial charge in [0.2, 0.25) is 29.5 Å². The Bertz CT molecular complexity index is 5400. The number of ether oxygens (including phenoxy) is 10. The van der Waals surface area contributed by atoms with Crippen molar-refractivity contribution in [2.75, 3.05) is 99.9 Å². The third-order valence-corrected chi connectivity index (χ3v) is 17.9. The monoisotopic (exact) mass is 1730 g/mol. The number of pyridine rings is 6. The first-order valence-corrected chi connectivity index (χ1v) is 39.9. The van der Waals surface area contributed by atoms with Crippen LogP contribution in [0.2, 0.25) is 0 Å². The summed E-state index contributed by atoms with van der Waals surface area (Å²) < 4.78 is 70.2. The van der Waals surface area contributed by atoms with Crippen LogP contribution in [0, 0.1) is 47.5 Å². The highest BCUT2D eigenvalue weighted by atomic mass is 19.1. The topological polar surface area (TPSA) is 543 Å². The summed E-state index contributed by atoms with van der Waals surface area (Å²) in [5.74, 6) is 14.8. The Labute approximate surface area is 733 Å². The zero-order chi connectivity index (χ0) is 92.9. The van der Waals surface area contributed by atoms with E-state index in [1.54, 1.807) is 137 Å². The van der Waals surface area contributed by atoms with Crippen LogP contribution in [0.15, 0.2) is 92.6 Å². The highest BCUT2D eigenvalue weighted by Crippen LogP contribution is 2.44. The summed E-state index contributed by atoms with van der Waals surface area (Å²) in [5, 5.41) is 8.84. The predicted molar refractivity (Wildman–Crippen MR) is 486 cm³/mol. The van der Waals surface area contributed by atoms with Crippen LogP contribution in [0.5, 0.6) is 92.5 Å². The van der Waals surface area contributed by atoms with E-state index in [0.717, 1.165) is 57.2 Å². The molecule has 0 saturated carbocycles. The Morgan fingerprint density at radius 1 is 0.349 bits per heavy atom. The Kier molecular flexibility index (Phi) is 36.3. The highest BCUT2D eigenvalue weighted by molar-refractivity contribution is 5.61. The minimum atomic E-state index is -0.571. The van der Waals surface area contributed by atoms with Crippen molar-refractivity contribution in [1.29, 1.82) is 0 Å². The van der Waals surface area contributed by atoms with Crippen LogP contribution in [0.1, 0.15) is 185 Å². The predicted octanol–water partition coefficient (Wildman–Crippen LogP) is 15.9. The fourth-order valence-electron chi connectivity index (χ4n) is 11.6. The van der Waals surface area contributed by atoms with E-state index in [-0.39, 0.29) is 52.8 Å². The SMILES string of the molecule is C=Cc1cnc(OC)cc1Oc1cnc(C)nc1N.CCc1nc(NC)cc(Oc2cnc(C)nc2N)c1C(C)C.CNc1cc(Oc2cnc(C)nc2N)c(C(C)C)c(F)n1.CNc1cc(Oc2cnc(C)nc2N)c(C(C)C)c(OC)n1.COc1cc(Oc2cnc(C)nc2N)c(C(C)C)c(OC)n1.Cc1ncc(Oc2cc(CN)ncc2C(C)C)c(N)n1. The molecule has 0 aliphatic heterocycles. The molecule has 12 aromatic rings. The summed E-state index contributed by atoms with van der Waals surface area (Å²) in [5.41, 5.74) is 47.4. The Hall–Kier alpha value is -14.8. The van der Waals surface area contributed by atoms with Gasteiger partial charge in [-0.15, -0.1) is 0 Å². The summed E-state index contributed by atoms with van der Waals surface area (Å²) in [4.78, 5) is 74.5. The molecule has 38 nitrogen and oxygen atoms in total.